The van der Waals surface area contributed by atoms with Crippen molar-refractivity contribution >= 4 is 27.4 Å². The smallest absolute Gasteiger partial charge is 0.255 e. The number of nitrogens with zero attached hydrogens (tertiary/aromatic N) is 2. The van der Waals surface area contributed by atoms with E-state index in [1.165, 1.54) is 44.2 Å². The molecule has 1 fully saturated rings. The van der Waals surface area contributed by atoms with Gasteiger partial charge in [-0.3, -0.25) is 4.79 Å². The summed E-state index contributed by atoms with van der Waals surface area (Å²) in [6.45, 7) is 2.03. The number of hydrogen-bond donors (Lipinski definition) is 2. The fourth-order valence-electron chi connectivity index (χ4n) is 2.70. The van der Waals surface area contributed by atoms with Crippen LogP contribution in [0.15, 0.2) is 47.5 Å². The SMILES string of the molecule is CNS(=O)(=O)c1ccc(C(=O)Nc2ccc(N3CCCC3)nc2)cc1. The van der Waals surface area contributed by atoms with E-state index in [9.17, 15) is 13.2 Å². The summed E-state index contributed by atoms with van der Waals surface area (Å²) < 4.78 is 25.6. The van der Waals surface area contributed by atoms with E-state index in [0.717, 1.165) is 18.9 Å². The standard InChI is InChI=1S/C17H20N4O3S/c1-18-25(23,24)15-7-4-13(5-8-15)17(22)20-14-6-9-16(19-12-14)21-10-2-3-11-21/h4-9,12,18H,2-3,10-11H2,1H3,(H,20,22). The van der Waals surface area contributed by atoms with Crippen molar-refractivity contribution in [2.75, 3.05) is 30.4 Å². The van der Waals surface area contributed by atoms with Crippen molar-refractivity contribution in [3.8, 4) is 0 Å². The second-order valence-corrected chi connectivity index (χ2v) is 7.67. The van der Waals surface area contributed by atoms with Gasteiger partial charge in [-0.1, -0.05) is 0 Å². The van der Waals surface area contributed by atoms with Crippen molar-refractivity contribution in [3.63, 3.8) is 0 Å². The summed E-state index contributed by atoms with van der Waals surface area (Å²) in [7, 11) is -2.17. The van der Waals surface area contributed by atoms with Gasteiger partial charge in [-0.15, -0.1) is 0 Å². The third kappa shape index (κ3) is 3.97. The quantitative estimate of drug-likeness (QED) is 0.849. The zero-order chi connectivity index (χ0) is 17.9. The molecule has 0 unspecified atom stereocenters. The van der Waals surface area contributed by atoms with Crippen LogP contribution in [0.3, 0.4) is 0 Å². The van der Waals surface area contributed by atoms with E-state index in [0.29, 0.717) is 11.3 Å². The van der Waals surface area contributed by atoms with Crippen LogP contribution in [0.4, 0.5) is 11.5 Å². The van der Waals surface area contributed by atoms with Gasteiger partial charge in [-0.25, -0.2) is 18.1 Å². The van der Waals surface area contributed by atoms with E-state index >= 15 is 0 Å². The Balaban J connectivity index is 1.67. The number of benzene rings is 1. The molecule has 0 atom stereocenters. The van der Waals surface area contributed by atoms with Gasteiger partial charge >= 0.3 is 0 Å². The first-order valence-corrected chi connectivity index (χ1v) is 9.54. The molecular formula is C17H20N4O3S. The molecule has 0 saturated carbocycles. The van der Waals surface area contributed by atoms with E-state index in [1.54, 1.807) is 6.20 Å². The number of anilines is 2. The highest BCUT2D eigenvalue weighted by Crippen LogP contribution is 2.19. The van der Waals surface area contributed by atoms with E-state index in [4.69, 9.17) is 0 Å². The Morgan fingerprint density at radius 2 is 1.76 bits per heavy atom. The lowest BCUT2D eigenvalue weighted by molar-refractivity contribution is 0.102. The third-order valence-electron chi connectivity index (χ3n) is 4.13. The van der Waals surface area contributed by atoms with Gasteiger partial charge in [-0.2, -0.15) is 0 Å². The maximum absolute atomic E-state index is 12.3. The Kier molecular flexibility index (Phi) is 5.00. The van der Waals surface area contributed by atoms with Crippen LogP contribution in [0.2, 0.25) is 0 Å². The first-order chi connectivity index (χ1) is 12.0. The molecule has 132 valence electrons. The maximum atomic E-state index is 12.3. The number of amides is 1. The van der Waals surface area contributed by atoms with Gasteiger partial charge in [0.25, 0.3) is 5.91 Å². The predicted octanol–water partition coefficient (Wildman–Crippen LogP) is 1.84. The maximum Gasteiger partial charge on any atom is 0.255 e. The molecule has 1 aliphatic rings. The number of carbonyl (C=O) groups excluding carboxylic acids is 1. The number of nitrogens with one attached hydrogen (secondary N) is 2. The zero-order valence-electron chi connectivity index (χ0n) is 13.9. The van der Waals surface area contributed by atoms with Gasteiger partial charge < -0.3 is 10.2 Å². The van der Waals surface area contributed by atoms with E-state index in [-0.39, 0.29) is 10.8 Å². The molecule has 0 bridgehead atoms. The van der Waals surface area contributed by atoms with Gasteiger partial charge in [-0.05, 0) is 56.3 Å². The van der Waals surface area contributed by atoms with Crippen LogP contribution < -0.4 is 14.9 Å². The highest BCUT2D eigenvalue weighted by Gasteiger charge is 2.15. The number of sulfonamides is 1. The summed E-state index contributed by atoms with van der Waals surface area (Å²) in [4.78, 5) is 19.0. The number of aromatic nitrogens is 1. The minimum atomic E-state index is -3.51. The molecule has 1 aliphatic heterocycles. The highest BCUT2D eigenvalue weighted by atomic mass is 32.2. The topological polar surface area (TPSA) is 91.4 Å². The van der Waals surface area contributed by atoms with Gasteiger partial charge in [0.2, 0.25) is 10.0 Å². The van der Waals surface area contributed by atoms with Gasteiger partial charge in [0, 0.05) is 18.7 Å². The Labute approximate surface area is 147 Å². The van der Waals surface area contributed by atoms with E-state index < -0.39 is 10.0 Å². The van der Waals surface area contributed by atoms with E-state index in [2.05, 4.69) is 19.9 Å². The monoisotopic (exact) mass is 360 g/mol. The lowest BCUT2D eigenvalue weighted by atomic mass is 10.2. The second-order valence-electron chi connectivity index (χ2n) is 5.79. The molecule has 25 heavy (non-hydrogen) atoms. The Morgan fingerprint density at radius 1 is 1.08 bits per heavy atom. The summed E-state index contributed by atoms with van der Waals surface area (Å²) in [5, 5.41) is 2.76. The largest absolute Gasteiger partial charge is 0.357 e. The summed E-state index contributed by atoms with van der Waals surface area (Å²) in [6, 6.07) is 9.46. The predicted molar refractivity (Wildman–Crippen MR) is 96.3 cm³/mol. The summed E-state index contributed by atoms with van der Waals surface area (Å²) in [5.41, 5.74) is 0.971. The molecule has 3 rings (SSSR count). The molecule has 2 heterocycles. The van der Waals surface area contributed by atoms with Crippen molar-refractivity contribution in [3.05, 3.63) is 48.2 Å². The number of carbonyl (C=O) groups is 1. The van der Waals surface area contributed by atoms with Gasteiger partial charge in [0.15, 0.2) is 0 Å². The third-order valence-corrected chi connectivity index (χ3v) is 5.56. The normalized spacial score (nSPS) is 14.5. The second kappa shape index (κ2) is 7.20. The molecule has 2 N–H and O–H groups in total. The summed E-state index contributed by atoms with van der Waals surface area (Å²) in [6.07, 6.45) is 3.99. The van der Waals surface area contributed by atoms with Crippen LogP contribution in [0.1, 0.15) is 23.2 Å². The molecule has 0 spiro atoms. The molecule has 0 radical (unpaired) electrons. The molecule has 1 aromatic carbocycles. The van der Waals surface area contributed by atoms with Crippen LogP contribution in [0.25, 0.3) is 0 Å². The minimum Gasteiger partial charge on any atom is -0.357 e. The fraction of sp³-hybridized carbons (Fsp3) is 0.294. The van der Waals surface area contributed by atoms with Crippen molar-refractivity contribution in [2.45, 2.75) is 17.7 Å². The average Bonchev–Trinajstić information content (AvgIpc) is 3.17. The highest BCUT2D eigenvalue weighted by molar-refractivity contribution is 7.89. The molecular weight excluding hydrogens is 340 g/mol. The first kappa shape index (κ1) is 17.4. The van der Waals surface area contributed by atoms with Crippen LogP contribution in [0.5, 0.6) is 0 Å². The number of rotatable bonds is 5. The molecule has 0 aliphatic carbocycles. The lowest BCUT2D eigenvalue weighted by Gasteiger charge is -2.16. The minimum absolute atomic E-state index is 0.114. The van der Waals surface area contributed by atoms with Crippen molar-refractivity contribution in [1.29, 1.82) is 0 Å². The summed E-state index contributed by atoms with van der Waals surface area (Å²) in [5.74, 6) is 0.598. The molecule has 1 aromatic heterocycles. The van der Waals surface area contributed by atoms with E-state index in [1.807, 2.05) is 12.1 Å². The Bertz CT molecular complexity index is 842. The van der Waals surface area contributed by atoms with Crippen LogP contribution in [-0.4, -0.2) is 39.4 Å². The number of hydrogen-bond acceptors (Lipinski definition) is 5. The molecule has 1 amide bonds. The van der Waals surface area contributed by atoms with Crippen LogP contribution >= 0.6 is 0 Å². The van der Waals surface area contributed by atoms with Gasteiger partial charge in [0.05, 0.1) is 16.8 Å². The van der Waals surface area contributed by atoms with Crippen LogP contribution in [-0.2, 0) is 10.0 Å². The lowest BCUT2D eigenvalue weighted by Crippen LogP contribution is -2.19. The summed E-state index contributed by atoms with van der Waals surface area (Å²) >= 11 is 0. The van der Waals surface area contributed by atoms with Gasteiger partial charge in [0.1, 0.15) is 5.82 Å². The molecule has 1 saturated heterocycles. The number of pyridine rings is 1. The van der Waals surface area contributed by atoms with Crippen molar-refractivity contribution in [1.82, 2.24) is 9.71 Å². The molecule has 2 aromatic rings. The van der Waals surface area contributed by atoms with Crippen molar-refractivity contribution < 1.29 is 13.2 Å². The Hall–Kier alpha value is -2.45. The average molecular weight is 360 g/mol. The van der Waals surface area contributed by atoms with Crippen LogP contribution in [0, 0.1) is 0 Å². The zero-order valence-corrected chi connectivity index (χ0v) is 14.7. The Morgan fingerprint density at radius 3 is 2.32 bits per heavy atom. The fourth-order valence-corrected chi connectivity index (χ4v) is 3.43. The first-order valence-electron chi connectivity index (χ1n) is 8.05. The molecule has 8 heteroatoms. The molecule has 7 nitrogen and oxygen atoms in total. The van der Waals surface area contributed by atoms with Crippen molar-refractivity contribution in [2.24, 2.45) is 0 Å².